The van der Waals surface area contributed by atoms with Gasteiger partial charge in [0.1, 0.15) is 5.82 Å². The van der Waals surface area contributed by atoms with Crippen LogP contribution in [0.3, 0.4) is 0 Å². The van der Waals surface area contributed by atoms with Crippen LogP contribution in [0.2, 0.25) is 0 Å². The van der Waals surface area contributed by atoms with E-state index in [2.05, 4.69) is 20.3 Å². The van der Waals surface area contributed by atoms with E-state index in [0.717, 1.165) is 11.1 Å². The topological polar surface area (TPSA) is 80.2 Å². The maximum atomic E-state index is 9.70. The first kappa shape index (κ1) is 15.7. The minimum absolute atomic E-state index is 0.0758. The van der Waals surface area contributed by atoms with Crippen LogP contribution in [0.15, 0.2) is 55.1 Å². The van der Waals surface area contributed by atoms with E-state index in [1.807, 2.05) is 19.1 Å². The van der Waals surface area contributed by atoms with Gasteiger partial charge in [0.15, 0.2) is 11.5 Å². The first-order chi connectivity index (χ1) is 11.7. The number of methoxy groups -OCH3 is 1. The van der Waals surface area contributed by atoms with E-state index < -0.39 is 0 Å². The second-order valence-electron chi connectivity index (χ2n) is 5.32. The van der Waals surface area contributed by atoms with Crippen molar-refractivity contribution in [1.29, 1.82) is 0 Å². The molecule has 0 amide bonds. The fraction of sp³-hybridized carbons (Fsp3) is 0.167. The molecular weight excluding hydrogens is 304 g/mol. The second-order valence-corrected chi connectivity index (χ2v) is 5.32. The number of aromatic nitrogens is 3. The van der Waals surface area contributed by atoms with Gasteiger partial charge in [0.25, 0.3) is 0 Å². The molecular formula is C18H18N4O2. The number of aromatic hydroxyl groups is 1. The van der Waals surface area contributed by atoms with Crippen molar-refractivity contribution in [2.45, 2.75) is 13.0 Å². The first-order valence-electron chi connectivity index (χ1n) is 7.53. The van der Waals surface area contributed by atoms with Gasteiger partial charge >= 0.3 is 0 Å². The number of pyridine rings is 1. The lowest BCUT2D eigenvalue weighted by Gasteiger charge is -2.15. The summed E-state index contributed by atoms with van der Waals surface area (Å²) in [6.07, 6.45) is 6.88. The minimum atomic E-state index is 0.0758. The normalized spacial score (nSPS) is 11.8. The molecule has 122 valence electrons. The molecule has 0 aliphatic carbocycles. The average molecular weight is 322 g/mol. The van der Waals surface area contributed by atoms with Crippen molar-refractivity contribution in [2.75, 3.05) is 12.4 Å². The molecule has 1 aromatic carbocycles. The van der Waals surface area contributed by atoms with Crippen LogP contribution in [0.5, 0.6) is 11.5 Å². The summed E-state index contributed by atoms with van der Waals surface area (Å²) in [6, 6.07) is 9.08. The van der Waals surface area contributed by atoms with Gasteiger partial charge in [-0.1, -0.05) is 0 Å². The van der Waals surface area contributed by atoms with Crippen molar-refractivity contribution in [1.82, 2.24) is 15.0 Å². The lowest BCUT2D eigenvalue weighted by Crippen LogP contribution is -2.08. The third-order valence-electron chi connectivity index (χ3n) is 3.68. The smallest absolute Gasteiger partial charge is 0.161 e. The number of nitrogens with zero attached hydrogens (tertiary/aromatic N) is 3. The highest BCUT2D eigenvalue weighted by Crippen LogP contribution is 2.31. The van der Waals surface area contributed by atoms with Gasteiger partial charge in [-0.15, -0.1) is 0 Å². The van der Waals surface area contributed by atoms with E-state index in [9.17, 15) is 5.11 Å². The molecule has 6 nitrogen and oxygen atoms in total. The van der Waals surface area contributed by atoms with E-state index >= 15 is 0 Å². The zero-order valence-corrected chi connectivity index (χ0v) is 13.5. The van der Waals surface area contributed by atoms with Crippen molar-refractivity contribution in [2.24, 2.45) is 0 Å². The fourth-order valence-corrected chi connectivity index (χ4v) is 2.37. The van der Waals surface area contributed by atoms with Gasteiger partial charge in [-0.2, -0.15) is 0 Å². The molecule has 3 aromatic rings. The summed E-state index contributed by atoms with van der Waals surface area (Å²) >= 11 is 0. The number of nitrogens with one attached hydrogen (secondary N) is 1. The standard InChI is InChI=1S/C18H18N4O2/c1-12(13-5-7-19-8-6-13)21-18-11-20-10-15(22-18)14-3-4-16(23)17(9-14)24-2/h3-12,23H,1-2H3,(H,21,22). The third kappa shape index (κ3) is 3.43. The molecule has 2 N–H and O–H groups in total. The summed E-state index contributed by atoms with van der Waals surface area (Å²) in [5.74, 6) is 1.16. The highest BCUT2D eigenvalue weighted by atomic mass is 16.5. The lowest BCUT2D eigenvalue weighted by molar-refractivity contribution is 0.373. The SMILES string of the molecule is COc1cc(-c2cncc(NC(C)c3ccncc3)n2)ccc1O. The molecule has 1 unspecified atom stereocenters. The number of hydrogen-bond donors (Lipinski definition) is 2. The molecule has 3 rings (SSSR count). The summed E-state index contributed by atoms with van der Waals surface area (Å²) in [6.45, 7) is 2.05. The Balaban J connectivity index is 1.84. The van der Waals surface area contributed by atoms with E-state index in [1.54, 1.807) is 43.0 Å². The molecule has 2 heterocycles. The predicted octanol–water partition coefficient (Wildman–Crippen LogP) is 3.43. The number of rotatable bonds is 5. The van der Waals surface area contributed by atoms with Crippen LogP contribution in [0.25, 0.3) is 11.3 Å². The summed E-state index contributed by atoms with van der Waals surface area (Å²) in [7, 11) is 1.51. The quantitative estimate of drug-likeness (QED) is 0.749. The van der Waals surface area contributed by atoms with Gasteiger partial charge in [-0.05, 0) is 42.8 Å². The maximum absolute atomic E-state index is 9.70. The van der Waals surface area contributed by atoms with Crippen LogP contribution < -0.4 is 10.1 Å². The van der Waals surface area contributed by atoms with Gasteiger partial charge < -0.3 is 15.2 Å². The van der Waals surface area contributed by atoms with Gasteiger partial charge in [0.2, 0.25) is 0 Å². The van der Waals surface area contributed by atoms with Crippen molar-refractivity contribution >= 4 is 5.82 Å². The highest BCUT2D eigenvalue weighted by molar-refractivity contribution is 5.64. The first-order valence-corrected chi connectivity index (χ1v) is 7.53. The number of phenolic OH excluding ortho intramolecular Hbond substituents is 1. The zero-order chi connectivity index (χ0) is 16.9. The number of benzene rings is 1. The van der Waals surface area contributed by atoms with Crippen LogP contribution >= 0.6 is 0 Å². The Labute approximate surface area is 140 Å². The summed E-state index contributed by atoms with van der Waals surface area (Å²) in [4.78, 5) is 12.9. The summed E-state index contributed by atoms with van der Waals surface area (Å²) in [5, 5.41) is 13.0. The molecule has 0 saturated carbocycles. The highest BCUT2D eigenvalue weighted by Gasteiger charge is 2.09. The van der Waals surface area contributed by atoms with E-state index in [-0.39, 0.29) is 11.8 Å². The van der Waals surface area contributed by atoms with Crippen LogP contribution in [0, 0.1) is 0 Å². The van der Waals surface area contributed by atoms with Crippen molar-refractivity contribution in [3.8, 4) is 22.8 Å². The summed E-state index contributed by atoms with van der Waals surface area (Å²) < 4.78 is 5.14. The second kappa shape index (κ2) is 6.95. The Morgan fingerprint density at radius 1 is 1.08 bits per heavy atom. The molecule has 0 saturated heterocycles. The largest absolute Gasteiger partial charge is 0.504 e. The van der Waals surface area contributed by atoms with Crippen LogP contribution in [-0.4, -0.2) is 27.2 Å². The Bertz CT molecular complexity index is 824. The minimum Gasteiger partial charge on any atom is -0.504 e. The maximum Gasteiger partial charge on any atom is 0.161 e. The van der Waals surface area contributed by atoms with Gasteiger partial charge in [-0.25, -0.2) is 4.98 Å². The molecule has 1 atom stereocenters. The van der Waals surface area contributed by atoms with Gasteiger partial charge in [-0.3, -0.25) is 9.97 Å². The van der Waals surface area contributed by atoms with Crippen LogP contribution in [0.1, 0.15) is 18.5 Å². The number of hydrogen-bond acceptors (Lipinski definition) is 6. The lowest BCUT2D eigenvalue weighted by atomic mass is 10.1. The molecule has 6 heteroatoms. The molecule has 2 aromatic heterocycles. The van der Waals surface area contributed by atoms with E-state index in [4.69, 9.17) is 4.74 Å². The Kier molecular flexibility index (Phi) is 4.56. The zero-order valence-electron chi connectivity index (χ0n) is 13.5. The molecule has 0 aliphatic rings. The van der Waals surface area contributed by atoms with Gasteiger partial charge in [0.05, 0.1) is 31.2 Å². The average Bonchev–Trinajstić information content (AvgIpc) is 2.63. The van der Waals surface area contributed by atoms with Gasteiger partial charge in [0, 0.05) is 18.0 Å². The third-order valence-corrected chi connectivity index (χ3v) is 3.68. The van der Waals surface area contributed by atoms with Crippen molar-refractivity contribution in [3.63, 3.8) is 0 Å². The van der Waals surface area contributed by atoms with E-state index in [1.165, 1.54) is 7.11 Å². The van der Waals surface area contributed by atoms with Crippen molar-refractivity contribution in [3.05, 3.63) is 60.7 Å². The predicted molar refractivity (Wildman–Crippen MR) is 92.0 cm³/mol. The molecule has 24 heavy (non-hydrogen) atoms. The number of phenols is 1. The molecule has 0 bridgehead atoms. The Morgan fingerprint density at radius 2 is 1.88 bits per heavy atom. The van der Waals surface area contributed by atoms with Crippen LogP contribution in [0.4, 0.5) is 5.82 Å². The monoisotopic (exact) mass is 322 g/mol. The van der Waals surface area contributed by atoms with E-state index in [0.29, 0.717) is 17.3 Å². The van der Waals surface area contributed by atoms with Crippen molar-refractivity contribution < 1.29 is 9.84 Å². The number of anilines is 1. The Morgan fingerprint density at radius 3 is 2.62 bits per heavy atom. The number of ether oxygens (including phenoxy) is 1. The van der Waals surface area contributed by atoms with Crippen LogP contribution in [-0.2, 0) is 0 Å². The molecule has 0 spiro atoms. The molecule has 0 radical (unpaired) electrons. The Hall–Kier alpha value is -3.15. The summed E-state index contributed by atoms with van der Waals surface area (Å²) in [5.41, 5.74) is 2.63. The molecule has 0 aliphatic heterocycles. The fourth-order valence-electron chi connectivity index (χ4n) is 2.37. The molecule has 0 fully saturated rings.